The minimum absolute atomic E-state index is 0.00592. The second kappa shape index (κ2) is 10.0. The molecule has 0 unspecified atom stereocenters. The maximum Gasteiger partial charge on any atom is 0.407 e. The zero-order chi connectivity index (χ0) is 26.1. The van der Waals surface area contributed by atoms with Gasteiger partial charge in [0.15, 0.2) is 4.90 Å². The fourth-order valence-corrected chi connectivity index (χ4v) is 7.75. The fraction of sp³-hybridized carbons (Fsp3) is 0.500. The first-order valence-electron chi connectivity index (χ1n) is 12.7. The number of amides is 1. The van der Waals surface area contributed by atoms with E-state index < -0.39 is 20.6 Å². The molecule has 0 spiro atoms. The minimum atomic E-state index is -3.95. The summed E-state index contributed by atoms with van der Waals surface area (Å²) < 4.78 is 33.2. The number of fused-ring (bicyclic) bond motifs is 3. The molecular formula is C26H32N4O6S. The molecular weight excluding hydrogens is 496 g/mol. The highest BCUT2D eigenvalue weighted by Gasteiger charge is 2.52. The van der Waals surface area contributed by atoms with Crippen LogP contribution in [0.15, 0.2) is 59.5 Å². The van der Waals surface area contributed by atoms with Crippen LogP contribution in [0.2, 0.25) is 0 Å². The van der Waals surface area contributed by atoms with E-state index in [2.05, 4.69) is 10.2 Å². The number of nitrogens with zero attached hydrogens (tertiary/aromatic N) is 3. The number of carbonyl (C=O) groups excluding carboxylic acids is 1. The first-order valence-corrected chi connectivity index (χ1v) is 14.1. The van der Waals surface area contributed by atoms with Crippen LogP contribution in [-0.2, 0) is 21.4 Å². The Hall–Kier alpha value is -3.02. The van der Waals surface area contributed by atoms with Gasteiger partial charge in [-0.2, -0.15) is 4.31 Å². The van der Waals surface area contributed by atoms with Gasteiger partial charge in [-0.25, -0.2) is 13.2 Å². The smallest absolute Gasteiger partial charge is 0.407 e. The SMILES string of the molecule is O=C(NC12CCC(N3CCN(S(=O)(=O)c4ccccc4[N+](=O)[O-])CC3)(CC1)CC2)OCc1ccccc1. The van der Waals surface area contributed by atoms with Gasteiger partial charge in [0.1, 0.15) is 6.61 Å². The largest absolute Gasteiger partial charge is 0.445 e. The molecule has 11 heteroatoms. The van der Waals surface area contributed by atoms with Crippen molar-refractivity contribution in [2.24, 2.45) is 0 Å². The van der Waals surface area contributed by atoms with Crippen molar-refractivity contribution >= 4 is 21.8 Å². The van der Waals surface area contributed by atoms with Gasteiger partial charge in [0.2, 0.25) is 10.0 Å². The predicted molar refractivity (Wildman–Crippen MR) is 136 cm³/mol. The quantitative estimate of drug-likeness (QED) is 0.430. The van der Waals surface area contributed by atoms with Gasteiger partial charge in [-0.1, -0.05) is 42.5 Å². The van der Waals surface area contributed by atoms with Crippen LogP contribution in [0.1, 0.15) is 44.1 Å². The number of hydrogen-bond donors (Lipinski definition) is 1. The fourth-order valence-electron chi connectivity index (χ4n) is 6.17. The molecule has 10 nitrogen and oxygen atoms in total. The number of para-hydroxylation sites is 1. The highest BCUT2D eigenvalue weighted by atomic mass is 32.2. The lowest BCUT2D eigenvalue weighted by Gasteiger charge is -2.58. The van der Waals surface area contributed by atoms with Crippen LogP contribution >= 0.6 is 0 Å². The summed E-state index contributed by atoms with van der Waals surface area (Å²) >= 11 is 0. The summed E-state index contributed by atoms with van der Waals surface area (Å²) in [6, 6.07) is 15.1. The number of carbonyl (C=O) groups is 1. The van der Waals surface area contributed by atoms with Gasteiger partial charge in [0.25, 0.3) is 5.69 Å². The van der Waals surface area contributed by atoms with Gasteiger partial charge in [-0.15, -0.1) is 0 Å². The van der Waals surface area contributed by atoms with Crippen LogP contribution in [0, 0.1) is 10.1 Å². The van der Waals surface area contributed by atoms with Gasteiger partial charge < -0.3 is 10.1 Å². The Morgan fingerprint density at radius 3 is 2.14 bits per heavy atom. The van der Waals surface area contributed by atoms with E-state index in [0.29, 0.717) is 26.2 Å². The summed E-state index contributed by atoms with van der Waals surface area (Å²) in [6.45, 7) is 2.00. The van der Waals surface area contributed by atoms with Crippen LogP contribution < -0.4 is 5.32 Å². The molecule has 2 bridgehead atoms. The van der Waals surface area contributed by atoms with Gasteiger partial charge >= 0.3 is 6.09 Å². The molecule has 0 radical (unpaired) electrons. The number of hydrogen-bond acceptors (Lipinski definition) is 7. The third-order valence-corrected chi connectivity index (χ3v) is 10.3. The number of ether oxygens (including phenoxy) is 1. The topological polar surface area (TPSA) is 122 Å². The molecule has 2 aromatic carbocycles. The number of piperazine rings is 1. The lowest BCUT2D eigenvalue weighted by atomic mass is 9.60. The Bertz CT molecular complexity index is 1240. The molecule has 4 aliphatic rings. The van der Waals surface area contributed by atoms with E-state index in [4.69, 9.17) is 4.74 Å². The first kappa shape index (κ1) is 25.6. The van der Waals surface area contributed by atoms with E-state index in [1.165, 1.54) is 28.6 Å². The highest BCUT2D eigenvalue weighted by Crippen LogP contribution is 2.50. The molecule has 0 aromatic heterocycles. The Balaban J connectivity index is 1.16. The minimum Gasteiger partial charge on any atom is -0.445 e. The number of nitro benzene ring substituents is 1. The number of sulfonamides is 1. The van der Waals surface area contributed by atoms with Gasteiger partial charge in [-0.05, 0) is 50.2 Å². The molecule has 2 aromatic rings. The number of nitro groups is 1. The van der Waals surface area contributed by atoms with E-state index in [-0.39, 0.29) is 28.7 Å². The van der Waals surface area contributed by atoms with E-state index in [0.717, 1.165) is 44.1 Å². The summed E-state index contributed by atoms with van der Waals surface area (Å²) in [6.07, 6.45) is 5.01. The molecule has 1 N–H and O–H groups in total. The van der Waals surface area contributed by atoms with Gasteiger partial charge in [0, 0.05) is 43.3 Å². The Kier molecular flexibility index (Phi) is 6.95. The van der Waals surface area contributed by atoms with Crippen molar-refractivity contribution in [2.45, 2.75) is 61.1 Å². The Morgan fingerprint density at radius 2 is 1.51 bits per heavy atom. The lowest BCUT2D eigenvalue weighted by molar-refractivity contribution is -0.387. The number of rotatable bonds is 7. The van der Waals surface area contributed by atoms with Crippen LogP contribution in [0.25, 0.3) is 0 Å². The highest BCUT2D eigenvalue weighted by molar-refractivity contribution is 7.89. The van der Waals surface area contributed by atoms with Crippen molar-refractivity contribution < 1.29 is 22.9 Å². The molecule has 0 atom stereocenters. The van der Waals surface area contributed by atoms with Crippen molar-refractivity contribution in [3.8, 4) is 0 Å². The van der Waals surface area contributed by atoms with Crippen LogP contribution in [0.5, 0.6) is 0 Å². The van der Waals surface area contributed by atoms with Crippen molar-refractivity contribution in [3.63, 3.8) is 0 Å². The second-order valence-electron chi connectivity index (χ2n) is 10.3. The summed E-state index contributed by atoms with van der Waals surface area (Å²) in [5, 5.41) is 14.5. The third-order valence-electron chi connectivity index (χ3n) is 8.38. The van der Waals surface area contributed by atoms with Crippen molar-refractivity contribution in [1.29, 1.82) is 0 Å². The number of benzene rings is 2. The molecule has 4 fully saturated rings. The average Bonchev–Trinajstić information content (AvgIpc) is 2.93. The molecule has 3 aliphatic carbocycles. The molecule has 1 saturated heterocycles. The van der Waals surface area contributed by atoms with Crippen molar-refractivity contribution in [2.75, 3.05) is 26.2 Å². The summed E-state index contributed by atoms with van der Waals surface area (Å²) in [4.78, 5) is 25.4. The van der Waals surface area contributed by atoms with Crippen molar-refractivity contribution in [1.82, 2.24) is 14.5 Å². The normalized spacial score (nSPS) is 26.5. The van der Waals surface area contributed by atoms with Crippen LogP contribution in [0.3, 0.4) is 0 Å². The summed E-state index contributed by atoms with van der Waals surface area (Å²) in [5.41, 5.74) is 0.317. The number of nitrogens with one attached hydrogen (secondary N) is 1. The van der Waals surface area contributed by atoms with E-state index in [9.17, 15) is 23.3 Å². The Morgan fingerprint density at radius 1 is 0.919 bits per heavy atom. The molecule has 1 aliphatic heterocycles. The van der Waals surface area contributed by atoms with Crippen molar-refractivity contribution in [3.05, 3.63) is 70.3 Å². The molecule has 1 heterocycles. The maximum atomic E-state index is 13.2. The molecule has 3 saturated carbocycles. The molecule has 37 heavy (non-hydrogen) atoms. The first-order chi connectivity index (χ1) is 17.7. The van der Waals surface area contributed by atoms with Gasteiger partial charge in [0.05, 0.1) is 4.92 Å². The average molecular weight is 529 g/mol. The molecule has 198 valence electrons. The maximum absolute atomic E-state index is 13.2. The van der Waals surface area contributed by atoms with E-state index >= 15 is 0 Å². The summed E-state index contributed by atoms with van der Waals surface area (Å²) in [5.74, 6) is 0. The third kappa shape index (κ3) is 5.07. The zero-order valence-corrected chi connectivity index (χ0v) is 21.5. The number of alkyl carbamates (subject to hydrolysis) is 1. The Labute approximate surface area is 216 Å². The predicted octanol–water partition coefficient (Wildman–Crippen LogP) is 3.67. The molecule has 1 amide bonds. The van der Waals surface area contributed by atoms with Gasteiger partial charge in [-0.3, -0.25) is 15.0 Å². The van der Waals surface area contributed by atoms with Crippen LogP contribution in [0.4, 0.5) is 10.5 Å². The monoisotopic (exact) mass is 528 g/mol. The van der Waals surface area contributed by atoms with Crippen LogP contribution in [-0.4, -0.2) is 65.9 Å². The lowest BCUT2D eigenvalue weighted by Crippen LogP contribution is -2.66. The molecule has 6 rings (SSSR count). The standard InChI is InChI=1S/C26H32N4O6S/c31-24(36-20-21-6-2-1-3-7-21)27-25-10-13-26(14-11-25,15-12-25)28-16-18-29(19-17-28)37(34,35)23-9-5-4-8-22(23)30(32)33/h1-9H,10-20H2,(H,27,31). The van der Waals surface area contributed by atoms with E-state index in [1.54, 1.807) is 0 Å². The van der Waals surface area contributed by atoms with E-state index in [1.807, 2.05) is 30.3 Å². The second-order valence-corrected chi connectivity index (χ2v) is 12.2. The zero-order valence-electron chi connectivity index (χ0n) is 20.7. The summed E-state index contributed by atoms with van der Waals surface area (Å²) in [7, 11) is -3.95.